The van der Waals surface area contributed by atoms with E-state index in [2.05, 4.69) is 10.5 Å². The molecule has 1 aromatic heterocycles. The Balaban J connectivity index is 1.77. The maximum Gasteiger partial charge on any atom is 0.230 e. The van der Waals surface area contributed by atoms with Gasteiger partial charge in [-0.25, -0.2) is 4.39 Å². The molecule has 3 N–H and O–H groups in total. The molecule has 0 aliphatic heterocycles. The second-order valence-corrected chi connectivity index (χ2v) is 4.59. The van der Waals surface area contributed by atoms with Gasteiger partial charge in [-0.1, -0.05) is 17.3 Å². The molecule has 0 saturated heterocycles. The second-order valence-electron chi connectivity index (χ2n) is 4.59. The summed E-state index contributed by atoms with van der Waals surface area (Å²) in [7, 11) is 0. The first-order valence-electron chi connectivity index (χ1n) is 6.31. The number of hydrogen-bond acceptors (Lipinski definition) is 4. The molecule has 21 heavy (non-hydrogen) atoms. The number of halogens is 1. The Morgan fingerprint density at radius 2 is 2.10 bits per heavy atom. The minimum absolute atomic E-state index is 0.000823. The maximum absolute atomic E-state index is 13.6. The molecular weight excluding hydrogens is 273 g/mol. The van der Waals surface area contributed by atoms with E-state index >= 15 is 0 Å². The summed E-state index contributed by atoms with van der Waals surface area (Å²) in [6.07, 6.45) is 0.000823. The van der Waals surface area contributed by atoms with E-state index in [0.717, 1.165) is 11.5 Å². The highest BCUT2D eigenvalue weighted by molar-refractivity contribution is 5.94. The monoisotopic (exact) mass is 285 g/mol. The number of nitrogens with one attached hydrogen (secondary N) is 1. The van der Waals surface area contributed by atoms with Crippen molar-refractivity contribution in [1.29, 1.82) is 0 Å². The molecule has 0 unspecified atom stereocenters. The summed E-state index contributed by atoms with van der Waals surface area (Å²) in [5.74, 6) is -0.953. The van der Waals surface area contributed by atoms with Crippen LogP contribution >= 0.6 is 0 Å². The van der Waals surface area contributed by atoms with E-state index in [1.807, 2.05) is 18.2 Å². The van der Waals surface area contributed by atoms with E-state index in [0.29, 0.717) is 17.0 Å². The van der Waals surface area contributed by atoms with Gasteiger partial charge in [0.25, 0.3) is 0 Å². The quantitative estimate of drug-likeness (QED) is 0.725. The predicted octanol–water partition coefficient (Wildman–Crippen LogP) is 2.73. The van der Waals surface area contributed by atoms with Crippen LogP contribution in [0, 0.1) is 5.82 Å². The van der Waals surface area contributed by atoms with Gasteiger partial charge in [-0.15, -0.1) is 0 Å². The van der Waals surface area contributed by atoms with Crippen LogP contribution in [0.2, 0.25) is 0 Å². The topological polar surface area (TPSA) is 81.1 Å². The normalized spacial score (nSPS) is 10.7. The summed E-state index contributed by atoms with van der Waals surface area (Å²) < 4.78 is 18.7. The van der Waals surface area contributed by atoms with Gasteiger partial charge in [0.15, 0.2) is 5.58 Å². The Morgan fingerprint density at radius 3 is 2.90 bits per heavy atom. The largest absolute Gasteiger partial charge is 0.399 e. The fraction of sp³-hybridized carbons (Fsp3) is 0.0667. The number of carbonyl (C=O) groups excluding carboxylic acids is 1. The lowest BCUT2D eigenvalue weighted by atomic mass is 10.1. The van der Waals surface area contributed by atoms with Gasteiger partial charge in [0, 0.05) is 11.1 Å². The highest BCUT2D eigenvalue weighted by Gasteiger charge is 2.13. The van der Waals surface area contributed by atoms with Crippen molar-refractivity contribution in [3.05, 3.63) is 54.0 Å². The Labute approximate surface area is 119 Å². The highest BCUT2D eigenvalue weighted by atomic mass is 19.1. The number of nitrogen functional groups attached to an aromatic ring is 1. The molecule has 1 amide bonds. The second kappa shape index (κ2) is 5.24. The minimum Gasteiger partial charge on any atom is -0.399 e. The van der Waals surface area contributed by atoms with Crippen molar-refractivity contribution >= 4 is 28.3 Å². The van der Waals surface area contributed by atoms with Gasteiger partial charge in [0.2, 0.25) is 5.91 Å². The van der Waals surface area contributed by atoms with Gasteiger partial charge in [-0.05, 0) is 30.3 Å². The van der Waals surface area contributed by atoms with Crippen LogP contribution in [-0.4, -0.2) is 11.1 Å². The summed E-state index contributed by atoms with van der Waals surface area (Å²) in [5.41, 5.74) is 6.96. The van der Waals surface area contributed by atoms with Crippen molar-refractivity contribution in [2.75, 3.05) is 11.1 Å². The first-order chi connectivity index (χ1) is 10.1. The lowest BCUT2D eigenvalue weighted by Gasteiger charge is -2.06. The lowest BCUT2D eigenvalue weighted by Crippen LogP contribution is -2.15. The number of nitrogens with two attached hydrogens (primary N) is 1. The molecule has 5 nitrogen and oxygen atoms in total. The van der Waals surface area contributed by atoms with Crippen LogP contribution < -0.4 is 11.1 Å². The van der Waals surface area contributed by atoms with Crippen molar-refractivity contribution in [3.8, 4) is 0 Å². The zero-order valence-electron chi connectivity index (χ0n) is 11.0. The van der Waals surface area contributed by atoms with Gasteiger partial charge in [0.1, 0.15) is 11.5 Å². The molecule has 0 radical (unpaired) electrons. The molecule has 0 spiro atoms. The summed E-state index contributed by atoms with van der Waals surface area (Å²) in [6.45, 7) is 0. The average molecular weight is 285 g/mol. The van der Waals surface area contributed by atoms with Gasteiger partial charge in [0.05, 0.1) is 12.1 Å². The molecule has 2 aromatic carbocycles. The zero-order chi connectivity index (χ0) is 14.8. The summed E-state index contributed by atoms with van der Waals surface area (Å²) >= 11 is 0. The molecule has 0 atom stereocenters. The zero-order valence-corrected chi connectivity index (χ0v) is 11.0. The van der Waals surface area contributed by atoms with Crippen LogP contribution in [-0.2, 0) is 11.2 Å². The lowest BCUT2D eigenvalue weighted by molar-refractivity contribution is -0.115. The molecule has 0 fully saturated rings. The standard InChI is InChI=1S/C15H12FN3O2/c16-11-7-9(17)5-6-12(11)18-15(20)8-13-10-3-1-2-4-14(10)21-19-13/h1-7H,8,17H2,(H,18,20). The number of nitrogens with zero attached hydrogens (tertiary/aromatic N) is 1. The predicted molar refractivity (Wildman–Crippen MR) is 77.2 cm³/mol. The Hall–Kier alpha value is -2.89. The number of carbonyl (C=O) groups is 1. The number of benzene rings is 2. The number of rotatable bonds is 3. The highest BCUT2D eigenvalue weighted by Crippen LogP contribution is 2.20. The van der Waals surface area contributed by atoms with E-state index in [1.165, 1.54) is 12.1 Å². The Kier molecular flexibility index (Phi) is 3.27. The number of aromatic nitrogens is 1. The average Bonchev–Trinajstić information content (AvgIpc) is 2.85. The number of amides is 1. The maximum atomic E-state index is 13.6. The Morgan fingerprint density at radius 1 is 1.29 bits per heavy atom. The van der Waals surface area contributed by atoms with Crippen molar-refractivity contribution < 1.29 is 13.7 Å². The van der Waals surface area contributed by atoms with Gasteiger partial charge >= 0.3 is 0 Å². The summed E-state index contributed by atoms with van der Waals surface area (Å²) in [4.78, 5) is 12.0. The third kappa shape index (κ3) is 2.69. The number of hydrogen-bond donors (Lipinski definition) is 2. The van der Waals surface area contributed by atoms with Crippen molar-refractivity contribution in [1.82, 2.24) is 5.16 Å². The summed E-state index contributed by atoms with van der Waals surface area (Å²) in [5, 5.41) is 7.12. The Bertz CT molecular complexity index is 814. The molecule has 0 saturated carbocycles. The first-order valence-corrected chi connectivity index (χ1v) is 6.31. The van der Waals surface area contributed by atoms with Crippen LogP contribution in [0.5, 0.6) is 0 Å². The third-order valence-electron chi connectivity index (χ3n) is 3.05. The van der Waals surface area contributed by atoms with Crippen LogP contribution in [0.3, 0.4) is 0 Å². The molecule has 1 heterocycles. The van der Waals surface area contributed by atoms with Crippen LogP contribution in [0.4, 0.5) is 15.8 Å². The number of para-hydroxylation sites is 1. The van der Waals surface area contributed by atoms with Gasteiger partial charge < -0.3 is 15.6 Å². The van der Waals surface area contributed by atoms with E-state index < -0.39 is 5.82 Å². The molecule has 3 aromatic rings. The van der Waals surface area contributed by atoms with Crippen molar-refractivity contribution in [2.45, 2.75) is 6.42 Å². The van der Waals surface area contributed by atoms with E-state index in [1.54, 1.807) is 6.07 Å². The fourth-order valence-corrected chi connectivity index (χ4v) is 2.04. The fourth-order valence-electron chi connectivity index (χ4n) is 2.04. The van der Waals surface area contributed by atoms with Gasteiger partial charge in [-0.3, -0.25) is 4.79 Å². The minimum atomic E-state index is -0.576. The molecule has 0 aliphatic carbocycles. The van der Waals surface area contributed by atoms with Crippen molar-refractivity contribution in [2.24, 2.45) is 0 Å². The summed E-state index contributed by atoms with van der Waals surface area (Å²) in [6, 6.07) is 11.3. The van der Waals surface area contributed by atoms with E-state index in [-0.39, 0.29) is 18.0 Å². The smallest absolute Gasteiger partial charge is 0.230 e. The van der Waals surface area contributed by atoms with Crippen LogP contribution in [0.15, 0.2) is 47.0 Å². The third-order valence-corrected chi connectivity index (χ3v) is 3.05. The molecule has 6 heteroatoms. The SMILES string of the molecule is Nc1ccc(NC(=O)Cc2noc3ccccc23)c(F)c1. The van der Waals surface area contributed by atoms with Gasteiger partial charge in [-0.2, -0.15) is 0 Å². The number of anilines is 2. The molecule has 0 bridgehead atoms. The number of fused-ring (bicyclic) bond motifs is 1. The molecule has 106 valence electrons. The van der Waals surface area contributed by atoms with E-state index in [4.69, 9.17) is 10.3 Å². The van der Waals surface area contributed by atoms with Crippen molar-refractivity contribution in [3.63, 3.8) is 0 Å². The van der Waals surface area contributed by atoms with Crippen LogP contribution in [0.1, 0.15) is 5.69 Å². The first kappa shape index (κ1) is 13.1. The molecular formula is C15H12FN3O2. The molecule has 3 rings (SSSR count). The van der Waals surface area contributed by atoms with Crippen LogP contribution in [0.25, 0.3) is 11.0 Å². The van der Waals surface area contributed by atoms with E-state index in [9.17, 15) is 9.18 Å². The molecule has 0 aliphatic rings.